The molecule has 1 heterocycles. The first kappa shape index (κ1) is 23.0. The fourth-order valence-electron chi connectivity index (χ4n) is 4.72. The lowest BCUT2D eigenvalue weighted by Crippen LogP contribution is -2.36. The third kappa shape index (κ3) is 4.06. The quantitative estimate of drug-likeness (QED) is 0.433. The maximum atomic E-state index is 5.43. The topological polar surface area (TPSA) is 12.4 Å². The molecule has 3 rings (SSSR count). The van der Waals surface area contributed by atoms with Crippen LogP contribution >= 0.6 is 7.92 Å². The highest BCUT2D eigenvalue weighted by atomic mass is 31.1. The van der Waals surface area contributed by atoms with E-state index in [1.165, 1.54) is 44.1 Å². The highest BCUT2D eigenvalue weighted by Crippen LogP contribution is 2.68. The van der Waals surface area contributed by atoms with Crippen LogP contribution < -0.4 is 5.30 Å². The Hall–Kier alpha value is -1.72. The molecule has 0 N–H and O–H groups in total. The summed E-state index contributed by atoms with van der Waals surface area (Å²) in [5.41, 5.74) is 10.8. The van der Waals surface area contributed by atoms with Crippen LogP contribution in [0.25, 0.3) is 0 Å². The first-order valence-corrected chi connectivity index (χ1v) is 12.4. The molecule has 1 unspecified atom stereocenters. The molecule has 0 saturated carbocycles. The van der Waals surface area contributed by atoms with Crippen molar-refractivity contribution < 1.29 is 0 Å². The van der Waals surface area contributed by atoms with Crippen molar-refractivity contribution in [2.24, 2.45) is 15.8 Å². The van der Waals surface area contributed by atoms with Gasteiger partial charge in [0.1, 0.15) is 0 Å². The summed E-state index contributed by atoms with van der Waals surface area (Å²) in [6, 6.07) is 11.2. The fraction of sp³-hybridized carbons (Fsp3) is 0.464. The predicted octanol–water partition coefficient (Wildman–Crippen LogP) is 8.43. The maximum absolute atomic E-state index is 5.43. The van der Waals surface area contributed by atoms with E-state index in [1.54, 1.807) is 5.31 Å². The molecule has 0 aromatic heterocycles. The fourth-order valence-corrected chi connectivity index (χ4v) is 8.24. The molecule has 160 valence electrons. The molecule has 0 bridgehead atoms. The molecule has 2 aromatic rings. The average Bonchev–Trinajstić information content (AvgIpc) is 2.53. The number of rotatable bonds is 2. The lowest BCUT2D eigenvalue weighted by Gasteiger charge is -2.48. The summed E-state index contributed by atoms with van der Waals surface area (Å²) in [5, 5.41) is 3.13. The normalized spacial score (nSPS) is 18.8. The number of hydrogen-bond donors (Lipinski definition) is 0. The van der Waals surface area contributed by atoms with Crippen LogP contribution in [-0.2, 0) is 0 Å². The van der Waals surface area contributed by atoms with Gasteiger partial charge in [-0.1, -0.05) is 77.4 Å². The first-order valence-electron chi connectivity index (χ1n) is 11.0. The second kappa shape index (κ2) is 7.76. The van der Waals surface area contributed by atoms with E-state index < -0.39 is 7.92 Å². The highest BCUT2D eigenvalue weighted by Gasteiger charge is 2.48. The Balaban J connectivity index is 2.38. The van der Waals surface area contributed by atoms with Gasteiger partial charge < -0.3 is 0 Å². The predicted molar refractivity (Wildman–Crippen MR) is 136 cm³/mol. The summed E-state index contributed by atoms with van der Waals surface area (Å²) in [6.07, 6.45) is 0. The van der Waals surface area contributed by atoms with Gasteiger partial charge in [0.2, 0.25) is 0 Å². The van der Waals surface area contributed by atoms with Gasteiger partial charge in [-0.05, 0) is 83.9 Å². The van der Waals surface area contributed by atoms with E-state index in [2.05, 4.69) is 106 Å². The van der Waals surface area contributed by atoms with Crippen LogP contribution in [0.3, 0.4) is 0 Å². The van der Waals surface area contributed by atoms with Gasteiger partial charge in [0, 0.05) is 7.92 Å². The van der Waals surface area contributed by atoms with Crippen LogP contribution in [0.5, 0.6) is 0 Å². The summed E-state index contributed by atoms with van der Waals surface area (Å²) in [4.78, 5) is 5.43. The first-order chi connectivity index (χ1) is 13.7. The summed E-state index contributed by atoms with van der Waals surface area (Å²) in [5.74, 6) is 0. The summed E-state index contributed by atoms with van der Waals surface area (Å²) < 4.78 is 0. The average molecular weight is 420 g/mol. The molecule has 0 fully saturated rings. The number of para-hydroxylation sites is 1. The van der Waals surface area contributed by atoms with E-state index in [0.29, 0.717) is 0 Å². The minimum absolute atomic E-state index is 0.0728. The number of aryl methyl sites for hydroxylation is 5. The van der Waals surface area contributed by atoms with Gasteiger partial charge >= 0.3 is 0 Å². The van der Waals surface area contributed by atoms with E-state index >= 15 is 0 Å². The second-order valence-corrected chi connectivity index (χ2v) is 13.0. The highest BCUT2D eigenvalue weighted by molar-refractivity contribution is 7.88. The maximum Gasteiger partial charge on any atom is 0.0766 e. The number of benzene rings is 2. The van der Waals surface area contributed by atoms with Gasteiger partial charge in [-0.3, -0.25) is 0 Å². The van der Waals surface area contributed by atoms with Crippen LogP contribution in [0.4, 0.5) is 5.69 Å². The van der Waals surface area contributed by atoms with Gasteiger partial charge in [0.05, 0.1) is 11.1 Å². The van der Waals surface area contributed by atoms with Crippen LogP contribution in [0, 0.1) is 45.4 Å². The second-order valence-electron chi connectivity index (χ2n) is 11.0. The molecular weight excluding hydrogens is 381 g/mol. The molecule has 1 aliphatic rings. The van der Waals surface area contributed by atoms with Crippen molar-refractivity contribution in [3.05, 3.63) is 69.0 Å². The van der Waals surface area contributed by atoms with Crippen LogP contribution in [-0.4, -0.2) is 5.45 Å². The molecule has 0 radical (unpaired) electrons. The van der Waals surface area contributed by atoms with Crippen molar-refractivity contribution in [3.63, 3.8) is 0 Å². The number of hydrogen-bond acceptors (Lipinski definition) is 1. The summed E-state index contributed by atoms with van der Waals surface area (Å²) >= 11 is 0. The van der Waals surface area contributed by atoms with Crippen molar-refractivity contribution in [1.82, 2.24) is 0 Å². The minimum atomic E-state index is -0.584. The third-order valence-electron chi connectivity index (χ3n) is 5.87. The zero-order valence-electron chi connectivity index (χ0n) is 20.8. The van der Waals surface area contributed by atoms with Crippen molar-refractivity contribution >= 4 is 24.4 Å². The van der Waals surface area contributed by atoms with Crippen molar-refractivity contribution in [1.29, 1.82) is 0 Å². The van der Waals surface area contributed by atoms with E-state index in [9.17, 15) is 0 Å². The summed E-state index contributed by atoms with van der Waals surface area (Å²) in [6.45, 7) is 25.3. The van der Waals surface area contributed by atoms with Gasteiger partial charge in [-0.2, -0.15) is 0 Å². The lowest BCUT2D eigenvalue weighted by molar-refractivity contribution is 0.475. The molecular formula is C28H38NP. The molecule has 2 heteroatoms. The van der Waals surface area contributed by atoms with Crippen molar-refractivity contribution in [2.75, 3.05) is 0 Å². The Morgan fingerprint density at radius 2 is 1.20 bits per heavy atom. The largest absolute Gasteiger partial charge is 0.247 e. The molecule has 0 saturated heterocycles. The Kier molecular flexibility index (Phi) is 5.94. The molecule has 1 nitrogen and oxygen atoms in total. The van der Waals surface area contributed by atoms with E-state index in [4.69, 9.17) is 4.99 Å². The SMILES string of the molecule is Cc1cc(C)c(P2C(=Nc3c(C)cccc3C)C(C(C)(C)C)=C2C(C)(C)C)c(C)c1. The zero-order valence-corrected chi connectivity index (χ0v) is 21.7. The smallest absolute Gasteiger partial charge is 0.0766 e. The Bertz CT molecular complexity index is 1010. The Morgan fingerprint density at radius 1 is 0.700 bits per heavy atom. The summed E-state index contributed by atoms with van der Waals surface area (Å²) in [7, 11) is -0.584. The molecule has 30 heavy (non-hydrogen) atoms. The van der Waals surface area contributed by atoms with Gasteiger partial charge in [-0.25, -0.2) is 4.99 Å². The lowest BCUT2D eigenvalue weighted by atomic mass is 9.80. The van der Waals surface area contributed by atoms with E-state index in [0.717, 1.165) is 5.69 Å². The molecule has 2 aromatic carbocycles. The van der Waals surface area contributed by atoms with Crippen molar-refractivity contribution in [2.45, 2.75) is 76.2 Å². The number of allylic oxidation sites excluding steroid dienone is 2. The Labute approximate surface area is 185 Å². The van der Waals surface area contributed by atoms with Gasteiger partial charge in [0.25, 0.3) is 0 Å². The number of nitrogens with zero attached hydrogens (tertiary/aromatic N) is 1. The van der Waals surface area contributed by atoms with E-state index in [1.807, 2.05) is 0 Å². The van der Waals surface area contributed by atoms with Crippen molar-refractivity contribution in [3.8, 4) is 0 Å². The molecule has 1 atom stereocenters. The molecule has 0 aliphatic carbocycles. The van der Waals surface area contributed by atoms with Crippen LogP contribution in [0.15, 0.2) is 46.2 Å². The zero-order chi connectivity index (χ0) is 22.6. The van der Waals surface area contributed by atoms with E-state index in [-0.39, 0.29) is 10.8 Å². The number of aliphatic imine (C=N–C) groups is 1. The van der Waals surface area contributed by atoms with Gasteiger partial charge in [-0.15, -0.1) is 0 Å². The van der Waals surface area contributed by atoms with Crippen LogP contribution in [0.1, 0.15) is 69.4 Å². The van der Waals surface area contributed by atoms with Gasteiger partial charge in [0.15, 0.2) is 0 Å². The monoisotopic (exact) mass is 419 g/mol. The standard InChI is InChI=1S/C28H38NP/c1-17-15-20(4)24(21(5)16-17)30-25(28(9,10)11)22(27(6,7)8)26(30)29-23-18(2)13-12-14-19(23)3/h12-16H,1-11H3. The van der Waals surface area contributed by atoms with Crippen LogP contribution in [0.2, 0.25) is 0 Å². The Morgan fingerprint density at radius 3 is 1.63 bits per heavy atom. The molecule has 0 amide bonds. The third-order valence-corrected chi connectivity index (χ3v) is 9.11. The molecule has 1 aliphatic heterocycles. The molecule has 0 spiro atoms. The minimum Gasteiger partial charge on any atom is -0.247 e.